The van der Waals surface area contributed by atoms with Crippen molar-refractivity contribution in [2.24, 2.45) is 0 Å². The van der Waals surface area contributed by atoms with Crippen molar-refractivity contribution < 1.29 is 25.2 Å². The Morgan fingerprint density at radius 1 is 0.815 bits per heavy atom. The monoisotopic (exact) mass is 365 g/mol. The molecular formula is C21H19NO5. The summed E-state index contributed by atoms with van der Waals surface area (Å²) >= 11 is 0. The van der Waals surface area contributed by atoms with Gasteiger partial charge in [-0.2, -0.15) is 0 Å². The van der Waals surface area contributed by atoms with Crippen molar-refractivity contribution in [3.8, 4) is 17.2 Å². The van der Waals surface area contributed by atoms with Crippen molar-refractivity contribution >= 4 is 17.3 Å². The van der Waals surface area contributed by atoms with Crippen LogP contribution in [-0.2, 0) is 12.8 Å². The van der Waals surface area contributed by atoms with E-state index in [2.05, 4.69) is 5.32 Å². The normalized spacial score (nSPS) is 10.5. The lowest BCUT2D eigenvalue weighted by Crippen LogP contribution is -2.02. The number of hydrogen-bond donors (Lipinski definition) is 5. The Labute approximate surface area is 156 Å². The van der Waals surface area contributed by atoms with Crippen LogP contribution in [0.15, 0.2) is 60.7 Å². The molecule has 0 radical (unpaired) electrons. The fourth-order valence-electron chi connectivity index (χ4n) is 2.78. The topological polar surface area (TPSA) is 110 Å². The number of carboxylic acid groups (broad SMARTS) is 1. The molecule has 0 spiro atoms. The average molecular weight is 365 g/mol. The summed E-state index contributed by atoms with van der Waals surface area (Å²) in [6.07, 6.45) is 1.26. The fourth-order valence-corrected chi connectivity index (χ4v) is 2.78. The van der Waals surface area contributed by atoms with Gasteiger partial charge in [0.15, 0.2) is 17.2 Å². The number of aromatic hydroxyl groups is 3. The molecule has 0 fully saturated rings. The number of aromatic carboxylic acids is 1. The largest absolute Gasteiger partial charge is 0.504 e. The quantitative estimate of drug-likeness (QED) is 0.422. The first-order valence-corrected chi connectivity index (χ1v) is 8.36. The highest BCUT2D eigenvalue weighted by Crippen LogP contribution is 2.35. The standard InChI is InChI=1S/C21H19NO5/c23-18-11-14(12-19(24)20(18)25)6-5-13-7-9-15(10-8-13)22-17-4-2-1-3-16(17)21(26)27/h1-4,7-12,22-25H,5-6H2,(H,26,27). The van der Waals surface area contributed by atoms with E-state index in [-0.39, 0.29) is 17.1 Å². The van der Waals surface area contributed by atoms with Crippen molar-refractivity contribution in [2.75, 3.05) is 5.32 Å². The lowest BCUT2D eigenvalue weighted by Gasteiger charge is -2.10. The number of phenols is 3. The Balaban J connectivity index is 1.67. The second-order valence-electron chi connectivity index (χ2n) is 6.16. The smallest absolute Gasteiger partial charge is 0.337 e. The molecule has 3 rings (SSSR count). The molecule has 6 heteroatoms. The van der Waals surface area contributed by atoms with E-state index in [4.69, 9.17) is 0 Å². The van der Waals surface area contributed by atoms with Crippen molar-refractivity contribution in [1.29, 1.82) is 0 Å². The highest BCUT2D eigenvalue weighted by atomic mass is 16.4. The van der Waals surface area contributed by atoms with Crippen LogP contribution in [0.2, 0.25) is 0 Å². The van der Waals surface area contributed by atoms with Crippen LogP contribution < -0.4 is 5.32 Å². The van der Waals surface area contributed by atoms with E-state index in [0.717, 1.165) is 11.3 Å². The summed E-state index contributed by atoms with van der Waals surface area (Å²) in [5.41, 5.74) is 3.24. The molecule has 0 aliphatic carbocycles. The zero-order chi connectivity index (χ0) is 19.4. The summed E-state index contributed by atoms with van der Waals surface area (Å²) in [7, 11) is 0. The molecule has 0 saturated carbocycles. The van der Waals surface area contributed by atoms with Gasteiger partial charge in [0.2, 0.25) is 0 Å². The lowest BCUT2D eigenvalue weighted by atomic mass is 10.0. The molecule has 0 aliphatic heterocycles. The first kappa shape index (κ1) is 18.1. The number of nitrogens with one attached hydrogen (secondary N) is 1. The van der Waals surface area contributed by atoms with Gasteiger partial charge in [-0.05, 0) is 60.4 Å². The minimum absolute atomic E-state index is 0.202. The molecule has 0 saturated heterocycles. The maximum Gasteiger partial charge on any atom is 0.337 e. The number of phenolic OH excluding ortho intramolecular Hbond substituents is 3. The van der Waals surface area contributed by atoms with Crippen LogP contribution in [0.3, 0.4) is 0 Å². The molecule has 0 bridgehead atoms. The van der Waals surface area contributed by atoms with E-state index in [1.165, 1.54) is 12.1 Å². The Morgan fingerprint density at radius 2 is 1.41 bits per heavy atom. The number of anilines is 2. The van der Waals surface area contributed by atoms with Crippen LogP contribution in [0.1, 0.15) is 21.5 Å². The van der Waals surface area contributed by atoms with Crippen molar-refractivity contribution in [3.05, 3.63) is 77.4 Å². The summed E-state index contributed by atoms with van der Waals surface area (Å²) < 4.78 is 0. The van der Waals surface area contributed by atoms with E-state index in [9.17, 15) is 25.2 Å². The number of carboxylic acids is 1. The van der Waals surface area contributed by atoms with E-state index in [1.54, 1.807) is 24.3 Å². The van der Waals surface area contributed by atoms with Gasteiger partial charge in [-0.1, -0.05) is 24.3 Å². The molecule has 138 valence electrons. The van der Waals surface area contributed by atoms with Crippen LogP contribution in [0.4, 0.5) is 11.4 Å². The number of para-hydroxylation sites is 1. The average Bonchev–Trinajstić information content (AvgIpc) is 2.65. The first-order chi connectivity index (χ1) is 12.9. The lowest BCUT2D eigenvalue weighted by molar-refractivity contribution is 0.0698. The zero-order valence-electron chi connectivity index (χ0n) is 14.4. The molecule has 0 heterocycles. The number of aryl methyl sites for hydroxylation is 2. The van der Waals surface area contributed by atoms with E-state index >= 15 is 0 Å². The van der Waals surface area contributed by atoms with Crippen LogP contribution in [0.25, 0.3) is 0 Å². The molecule has 0 amide bonds. The van der Waals surface area contributed by atoms with E-state index in [0.29, 0.717) is 24.1 Å². The Hall–Kier alpha value is -3.67. The van der Waals surface area contributed by atoms with Gasteiger partial charge in [-0.3, -0.25) is 0 Å². The summed E-state index contributed by atoms with van der Waals surface area (Å²) in [6, 6.07) is 17.1. The van der Waals surface area contributed by atoms with Gasteiger partial charge < -0.3 is 25.7 Å². The molecule has 0 atom stereocenters. The number of rotatable bonds is 6. The second kappa shape index (κ2) is 7.70. The second-order valence-corrected chi connectivity index (χ2v) is 6.16. The minimum Gasteiger partial charge on any atom is -0.504 e. The van der Waals surface area contributed by atoms with Gasteiger partial charge in [-0.15, -0.1) is 0 Å². The van der Waals surface area contributed by atoms with E-state index < -0.39 is 11.7 Å². The van der Waals surface area contributed by atoms with Crippen LogP contribution >= 0.6 is 0 Å². The highest BCUT2D eigenvalue weighted by molar-refractivity contribution is 5.95. The molecular weight excluding hydrogens is 346 g/mol. The number of hydrogen-bond acceptors (Lipinski definition) is 5. The van der Waals surface area contributed by atoms with Gasteiger partial charge in [0.05, 0.1) is 11.3 Å². The van der Waals surface area contributed by atoms with Gasteiger partial charge in [-0.25, -0.2) is 4.79 Å². The van der Waals surface area contributed by atoms with Gasteiger partial charge >= 0.3 is 5.97 Å². The summed E-state index contributed by atoms with van der Waals surface area (Å²) in [5.74, 6) is -2.20. The predicted octanol–water partition coefficient (Wildman–Crippen LogP) is 4.03. The molecule has 27 heavy (non-hydrogen) atoms. The maximum atomic E-state index is 11.3. The SMILES string of the molecule is O=C(O)c1ccccc1Nc1ccc(CCc2cc(O)c(O)c(O)c2)cc1. The summed E-state index contributed by atoms with van der Waals surface area (Å²) in [6.45, 7) is 0. The third-order valence-electron chi connectivity index (χ3n) is 4.22. The van der Waals surface area contributed by atoms with Crippen LogP contribution in [-0.4, -0.2) is 26.4 Å². The molecule has 3 aromatic rings. The third-order valence-corrected chi connectivity index (χ3v) is 4.22. The molecule has 0 unspecified atom stereocenters. The maximum absolute atomic E-state index is 11.3. The van der Waals surface area contributed by atoms with Crippen molar-refractivity contribution in [1.82, 2.24) is 0 Å². The van der Waals surface area contributed by atoms with Crippen LogP contribution in [0.5, 0.6) is 17.2 Å². The zero-order valence-corrected chi connectivity index (χ0v) is 14.4. The Bertz CT molecular complexity index is 944. The molecule has 3 aromatic carbocycles. The number of benzene rings is 3. The molecule has 0 aromatic heterocycles. The highest BCUT2D eigenvalue weighted by Gasteiger charge is 2.10. The molecule has 6 nitrogen and oxygen atoms in total. The fraction of sp³-hybridized carbons (Fsp3) is 0.0952. The van der Waals surface area contributed by atoms with Gasteiger partial charge in [0, 0.05) is 5.69 Å². The van der Waals surface area contributed by atoms with Gasteiger partial charge in [0.1, 0.15) is 0 Å². The van der Waals surface area contributed by atoms with Crippen molar-refractivity contribution in [3.63, 3.8) is 0 Å². The van der Waals surface area contributed by atoms with Gasteiger partial charge in [0.25, 0.3) is 0 Å². The third kappa shape index (κ3) is 4.30. The number of carbonyl (C=O) groups is 1. The molecule has 5 N–H and O–H groups in total. The van der Waals surface area contributed by atoms with E-state index in [1.807, 2.05) is 24.3 Å². The Kier molecular flexibility index (Phi) is 5.17. The first-order valence-electron chi connectivity index (χ1n) is 8.36. The summed E-state index contributed by atoms with van der Waals surface area (Å²) in [4.78, 5) is 11.3. The predicted molar refractivity (Wildman–Crippen MR) is 102 cm³/mol. The van der Waals surface area contributed by atoms with Crippen molar-refractivity contribution in [2.45, 2.75) is 12.8 Å². The molecule has 0 aliphatic rings. The Morgan fingerprint density at radius 3 is 2.04 bits per heavy atom. The summed E-state index contributed by atoms with van der Waals surface area (Å²) in [5, 5.41) is 40.8. The van der Waals surface area contributed by atoms with Crippen LogP contribution in [0, 0.1) is 0 Å². The minimum atomic E-state index is -0.991.